The number of rotatable bonds is 3. The van der Waals surface area contributed by atoms with Gasteiger partial charge in [0.15, 0.2) is 0 Å². The van der Waals surface area contributed by atoms with E-state index in [0.717, 1.165) is 24.4 Å². The molecular formula is C15H28N2O. The zero-order valence-corrected chi connectivity index (χ0v) is 11.7. The van der Waals surface area contributed by atoms with E-state index in [-0.39, 0.29) is 5.60 Å². The van der Waals surface area contributed by atoms with Crippen LogP contribution in [0.5, 0.6) is 0 Å². The van der Waals surface area contributed by atoms with Gasteiger partial charge in [-0.25, -0.2) is 0 Å². The molecule has 0 aromatic heterocycles. The summed E-state index contributed by atoms with van der Waals surface area (Å²) in [6, 6.07) is 0.530. The van der Waals surface area contributed by atoms with Crippen LogP contribution in [-0.2, 0) is 4.74 Å². The van der Waals surface area contributed by atoms with Crippen molar-refractivity contribution < 1.29 is 4.74 Å². The average molecular weight is 252 g/mol. The summed E-state index contributed by atoms with van der Waals surface area (Å²) in [6.07, 6.45) is 10.5. The minimum atomic E-state index is 0.217. The van der Waals surface area contributed by atoms with Gasteiger partial charge >= 0.3 is 0 Å². The predicted molar refractivity (Wildman–Crippen MR) is 72.9 cm³/mol. The van der Waals surface area contributed by atoms with Crippen LogP contribution in [0.15, 0.2) is 0 Å². The third-order valence-electron chi connectivity index (χ3n) is 5.63. The molecule has 3 rings (SSSR count). The summed E-state index contributed by atoms with van der Waals surface area (Å²) in [5.74, 6) is 8.26. The van der Waals surface area contributed by atoms with Crippen molar-refractivity contribution in [1.82, 2.24) is 5.43 Å². The second-order valence-electron chi connectivity index (χ2n) is 6.91. The van der Waals surface area contributed by atoms with Crippen LogP contribution >= 0.6 is 0 Å². The Hall–Kier alpha value is -0.120. The molecule has 0 bridgehead atoms. The molecule has 0 aromatic carbocycles. The molecule has 4 atom stereocenters. The van der Waals surface area contributed by atoms with Crippen LogP contribution in [0, 0.1) is 17.8 Å². The maximum absolute atomic E-state index is 6.19. The lowest BCUT2D eigenvalue weighted by Gasteiger charge is -2.45. The summed E-state index contributed by atoms with van der Waals surface area (Å²) in [6.45, 7) is 3.30. The lowest BCUT2D eigenvalue weighted by Crippen LogP contribution is -2.50. The first kappa shape index (κ1) is 12.9. The summed E-state index contributed by atoms with van der Waals surface area (Å²) in [4.78, 5) is 0. The molecule has 3 aliphatic rings. The molecule has 18 heavy (non-hydrogen) atoms. The molecule has 1 saturated heterocycles. The topological polar surface area (TPSA) is 47.3 Å². The van der Waals surface area contributed by atoms with Crippen LogP contribution in [0.4, 0.5) is 0 Å². The molecule has 4 unspecified atom stereocenters. The number of ether oxygens (including phenoxy) is 1. The first-order chi connectivity index (χ1) is 8.74. The summed E-state index contributed by atoms with van der Waals surface area (Å²) in [7, 11) is 0. The maximum Gasteiger partial charge on any atom is 0.0685 e. The number of hydrogen-bond acceptors (Lipinski definition) is 3. The van der Waals surface area contributed by atoms with Crippen molar-refractivity contribution in [3.8, 4) is 0 Å². The quantitative estimate of drug-likeness (QED) is 0.599. The Kier molecular flexibility index (Phi) is 3.65. The van der Waals surface area contributed by atoms with Crippen molar-refractivity contribution in [1.29, 1.82) is 0 Å². The highest BCUT2D eigenvalue weighted by atomic mass is 16.5. The van der Waals surface area contributed by atoms with Gasteiger partial charge in [0.25, 0.3) is 0 Å². The van der Waals surface area contributed by atoms with Crippen LogP contribution in [0.2, 0.25) is 0 Å². The largest absolute Gasteiger partial charge is 0.375 e. The molecule has 3 fully saturated rings. The zero-order valence-electron chi connectivity index (χ0n) is 11.7. The Balaban J connectivity index is 1.65. The van der Waals surface area contributed by atoms with Gasteiger partial charge in [-0.3, -0.25) is 11.3 Å². The van der Waals surface area contributed by atoms with Crippen molar-refractivity contribution in [3.63, 3.8) is 0 Å². The van der Waals surface area contributed by atoms with Gasteiger partial charge in [-0.2, -0.15) is 0 Å². The second kappa shape index (κ2) is 5.10. The van der Waals surface area contributed by atoms with E-state index >= 15 is 0 Å². The number of nitrogens with two attached hydrogens (primary N) is 1. The Morgan fingerprint density at radius 3 is 2.61 bits per heavy atom. The van der Waals surface area contributed by atoms with Crippen LogP contribution in [0.1, 0.15) is 58.3 Å². The Bertz CT molecular complexity index is 283. The molecule has 2 aliphatic carbocycles. The number of hydrogen-bond donors (Lipinski definition) is 2. The fourth-order valence-electron chi connectivity index (χ4n) is 4.38. The van der Waals surface area contributed by atoms with Crippen molar-refractivity contribution in [3.05, 3.63) is 0 Å². The maximum atomic E-state index is 6.19. The SMILES string of the molecule is CC1CC1C(NN)C1CCOC2(CCCCC2)C1. The zero-order chi connectivity index (χ0) is 12.6. The molecule has 3 heteroatoms. The first-order valence-electron chi connectivity index (χ1n) is 7.84. The first-order valence-corrected chi connectivity index (χ1v) is 7.84. The van der Waals surface area contributed by atoms with Crippen molar-refractivity contribution >= 4 is 0 Å². The van der Waals surface area contributed by atoms with Crippen molar-refractivity contribution in [2.75, 3.05) is 6.61 Å². The molecule has 1 heterocycles. The average Bonchev–Trinajstić information content (AvgIpc) is 3.08. The predicted octanol–water partition coefficient (Wildman–Crippen LogP) is 2.60. The standard InChI is InChI=1S/C15H28N2O/c1-11-9-13(11)14(17-16)12-5-8-18-15(10-12)6-3-2-4-7-15/h11-14,17H,2-10,16H2,1H3. The van der Waals surface area contributed by atoms with Crippen LogP contribution in [-0.4, -0.2) is 18.2 Å². The fraction of sp³-hybridized carbons (Fsp3) is 1.00. The van der Waals surface area contributed by atoms with E-state index in [1.807, 2.05) is 0 Å². The molecule has 2 saturated carbocycles. The molecule has 104 valence electrons. The summed E-state index contributed by atoms with van der Waals surface area (Å²) in [5, 5.41) is 0. The van der Waals surface area contributed by atoms with Crippen LogP contribution in [0.25, 0.3) is 0 Å². The van der Waals surface area contributed by atoms with Gasteiger partial charge < -0.3 is 4.74 Å². The lowest BCUT2D eigenvalue weighted by molar-refractivity contribution is -0.122. The van der Waals surface area contributed by atoms with E-state index < -0.39 is 0 Å². The molecule has 0 radical (unpaired) electrons. The van der Waals surface area contributed by atoms with E-state index in [1.54, 1.807) is 0 Å². The Labute approximate surface area is 111 Å². The molecule has 3 nitrogen and oxygen atoms in total. The Morgan fingerprint density at radius 2 is 2.00 bits per heavy atom. The minimum absolute atomic E-state index is 0.217. The second-order valence-corrected chi connectivity index (χ2v) is 6.91. The molecule has 3 N–H and O–H groups in total. The summed E-state index contributed by atoms with van der Waals surface area (Å²) >= 11 is 0. The van der Waals surface area contributed by atoms with E-state index in [1.165, 1.54) is 51.4 Å². The molecular weight excluding hydrogens is 224 g/mol. The monoisotopic (exact) mass is 252 g/mol. The smallest absolute Gasteiger partial charge is 0.0685 e. The van der Waals surface area contributed by atoms with E-state index in [0.29, 0.717) is 6.04 Å². The van der Waals surface area contributed by atoms with Gasteiger partial charge in [0.2, 0.25) is 0 Å². The van der Waals surface area contributed by atoms with E-state index in [4.69, 9.17) is 10.6 Å². The van der Waals surface area contributed by atoms with Gasteiger partial charge in [0.05, 0.1) is 5.60 Å². The van der Waals surface area contributed by atoms with Crippen molar-refractivity contribution in [2.24, 2.45) is 23.6 Å². The molecule has 1 aliphatic heterocycles. The number of hydrazine groups is 1. The van der Waals surface area contributed by atoms with Gasteiger partial charge in [0.1, 0.15) is 0 Å². The fourth-order valence-corrected chi connectivity index (χ4v) is 4.38. The molecule has 0 amide bonds. The third kappa shape index (κ3) is 2.45. The van der Waals surface area contributed by atoms with Gasteiger partial charge in [0, 0.05) is 12.6 Å². The normalized spacial score (nSPS) is 40.7. The van der Waals surface area contributed by atoms with Crippen molar-refractivity contribution in [2.45, 2.75) is 69.9 Å². The van der Waals surface area contributed by atoms with Crippen LogP contribution in [0.3, 0.4) is 0 Å². The summed E-state index contributed by atoms with van der Waals surface area (Å²) in [5.41, 5.74) is 3.35. The summed E-state index contributed by atoms with van der Waals surface area (Å²) < 4.78 is 6.19. The van der Waals surface area contributed by atoms with E-state index in [2.05, 4.69) is 12.3 Å². The van der Waals surface area contributed by atoms with E-state index in [9.17, 15) is 0 Å². The molecule has 0 aromatic rings. The Morgan fingerprint density at radius 1 is 1.28 bits per heavy atom. The minimum Gasteiger partial charge on any atom is -0.375 e. The highest BCUT2D eigenvalue weighted by Gasteiger charge is 2.47. The van der Waals surface area contributed by atoms with Gasteiger partial charge in [-0.15, -0.1) is 0 Å². The lowest BCUT2D eigenvalue weighted by atomic mass is 9.73. The highest BCUT2D eigenvalue weighted by Crippen LogP contribution is 2.48. The highest BCUT2D eigenvalue weighted by molar-refractivity contribution is 4.99. The van der Waals surface area contributed by atoms with Gasteiger partial charge in [-0.1, -0.05) is 26.2 Å². The third-order valence-corrected chi connectivity index (χ3v) is 5.63. The molecule has 1 spiro atoms. The van der Waals surface area contributed by atoms with Crippen LogP contribution < -0.4 is 11.3 Å². The number of nitrogens with one attached hydrogen (secondary N) is 1. The van der Waals surface area contributed by atoms with Gasteiger partial charge in [-0.05, 0) is 49.9 Å².